The van der Waals surface area contributed by atoms with Gasteiger partial charge in [-0.25, -0.2) is 0 Å². The molecule has 1 atom stereocenters. The molecule has 0 saturated heterocycles. The third-order valence-corrected chi connectivity index (χ3v) is 3.08. The van der Waals surface area contributed by atoms with Gasteiger partial charge in [0.15, 0.2) is 0 Å². The summed E-state index contributed by atoms with van der Waals surface area (Å²) >= 11 is 0. The summed E-state index contributed by atoms with van der Waals surface area (Å²) in [5, 5.41) is 5.81. The van der Waals surface area contributed by atoms with E-state index in [0.29, 0.717) is 0 Å². The molecule has 0 spiro atoms. The van der Waals surface area contributed by atoms with Crippen LogP contribution < -0.4 is 10.6 Å². The number of benzene rings is 1. The zero-order chi connectivity index (χ0) is 12.9. The number of hydrogen-bond donors (Lipinski definition) is 2. The molecule has 0 radical (unpaired) electrons. The smallest absolute Gasteiger partial charge is 0.237 e. The highest BCUT2D eigenvalue weighted by Gasteiger charge is 2.33. The Morgan fingerprint density at radius 2 is 1.82 bits per heavy atom. The quantitative estimate of drug-likeness (QED) is 0.812. The molecule has 0 saturated carbocycles. The molecular weight excluding hydrogens is 212 g/mol. The van der Waals surface area contributed by atoms with E-state index in [-0.39, 0.29) is 17.4 Å². The maximum Gasteiger partial charge on any atom is 0.237 e. The molecule has 0 unspecified atom stereocenters. The van der Waals surface area contributed by atoms with Gasteiger partial charge < -0.3 is 10.6 Å². The van der Waals surface area contributed by atoms with Crippen molar-refractivity contribution in [3.05, 3.63) is 35.9 Å². The summed E-state index contributed by atoms with van der Waals surface area (Å²) in [6, 6.07) is 10.1. The van der Waals surface area contributed by atoms with Crippen LogP contribution in [0, 0.1) is 5.41 Å². The van der Waals surface area contributed by atoms with E-state index < -0.39 is 0 Å². The minimum absolute atomic E-state index is 0.0356. The average molecular weight is 234 g/mol. The van der Waals surface area contributed by atoms with Gasteiger partial charge in [-0.1, -0.05) is 44.2 Å². The van der Waals surface area contributed by atoms with Crippen LogP contribution in [-0.2, 0) is 11.2 Å². The zero-order valence-electron chi connectivity index (χ0n) is 11.1. The number of rotatable bonds is 5. The summed E-state index contributed by atoms with van der Waals surface area (Å²) < 4.78 is 0. The van der Waals surface area contributed by atoms with Crippen LogP contribution in [0.15, 0.2) is 30.3 Å². The van der Waals surface area contributed by atoms with Crippen molar-refractivity contribution in [1.29, 1.82) is 0 Å². The molecule has 0 aliphatic carbocycles. The Morgan fingerprint density at radius 1 is 1.24 bits per heavy atom. The van der Waals surface area contributed by atoms with Crippen LogP contribution in [0.1, 0.15) is 19.4 Å². The Morgan fingerprint density at radius 3 is 2.29 bits per heavy atom. The third-order valence-electron chi connectivity index (χ3n) is 3.08. The largest absolute Gasteiger partial charge is 0.358 e. The van der Waals surface area contributed by atoms with Gasteiger partial charge in [-0.15, -0.1) is 0 Å². The summed E-state index contributed by atoms with van der Waals surface area (Å²) in [6.45, 7) is 4.22. The second-order valence-corrected chi connectivity index (χ2v) is 4.99. The van der Waals surface area contributed by atoms with Gasteiger partial charge in [0.25, 0.3) is 0 Å². The number of nitrogens with one attached hydrogen (secondary N) is 2. The second-order valence-electron chi connectivity index (χ2n) is 4.99. The molecule has 3 nitrogen and oxygen atoms in total. The summed E-state index contributed by atoms with van der Waals surface area (Å²) in [5.41, 5.74) is 1.12. The van der Waals surface area contributed by atoms with Gasteiger partial charge in [0, 0.05) is 7.05 Å². The standard InChI is InChI=1S/C14H22N2O/c1-14(2,12(15-3)13(17)16-4)10-11-8-6-5-7-9-11/h5-9,12,15H,10H2,1-4H3,(H,16,17)/t12-/m1/s1. The predicted molar refractivity (Wildman–Crippen MR) is 70.8 cm³/mol. The maximum absolute atomic E-state index is 11.8. The first-order valence-electron chi connectivity index (χ1n) is 5.94. The fourth-order valence-corrected chi connectivity index (χ4v) is 2.25. The van der Waals surface area contributed by atoms with Crippen molar-refractivity contribution in [2.24, 2.45) is 5.41 Å². The topological polar surface area (TPSA) is 41.1 Å². The molecule has 0 fully saturated rings. The van der Waals surface area contributed by atoms with E-state index >= 15 is 0 Å². The molecule has 1 amide bonds. The fourth-order valence-electron chi connectivity index (χ4n) is 2.25. The second kappa shape index (κ2) is 5.82. The Labute approximate surface area is 104 Å². The molecule has 17 heavy (non-hydrogen) atoms. The average Bonchev–Trinajstić information content (AvgIpc) is 2.29. The van der Waals surface area contributed by atoms with Crippen LogP contribution >= 0.6 is 0 Å². The number of hydrogen-bond acceptors (Lipinski definition) is 2. The van der Waals surface area contributed by atoms with E-state index in [1.54, 1.807) is 7.05 Å². The molecule has 0 aliphatic rings. The summed E-state index contributed by atoms with van der Waals surface area (Å²) in [5.74, 6) is 0.0356. The van der Waals surface area contributed by atoms with Gasteiger partial charge in [0.1, 0.15) is 0 Å². The highest BCUT2D eigenvalue weighted by atomic mass is 16.2. The third kappa shape index (κ3) is 3.56. The van der Waals surface area contributed by atoms with E-state index in [1.165, 1.54) is 5.56 Å². The molecule has 2 N–H and O–H groups in total. The van der Waals surface area contributed by atoms with Crippen LogP contribution in [-0.4, -0.2) is 26.0 Å². The van der Waals surface area contributed by atoms with E-state index in [4.69, 9.17) is 0 Å². The minimum atomic E-state index is -0.187. The predicted octanol–water partition coefficient (Wildman–Crippen LogP) is 1.59. The molecule has 1 rings (SSSR count). The first-order valence-corrected chi connectivity index (χ1v) is 5.94. The van der Waals surface area contributed by atoms with Crippen LogP contribution in [0.4, 0.5) is 0 Å². The summed E-state index contributed by atoms with van der Waals surface area (Å²) in [7, 11) is 3.50. The summed E-state index contributed by atoms with van der Waals surface area (Å²) in [4.78, 5) is 11.8. The first kappa shape index (κ1) is 13.7. The lowest BCUT2D eigenvalue weighted by atomic mass is 9.78. The van der Waals surface area contributed by atoms with Crippen LogP contribution in [0.2, 0.25) is 0 Å². The first-order chi connectivity index (χ1) is 8.01. The van der Waals surface area contributed by atoms with Crippen LogP contribution in [0.25, 0.3) is 0 Å². The van der Waals surface area contributed by atoms with Crippen molar-refractivity contribution in [3.63, 3.8) is 0 Å². The Kier molecular flexibility index (Phi) is 4.70. The van der Waals surface area contributed by atoms with E-state index in [2.05, 4.69) is 36.6 Å². The molecule has 0 heterocycles. The van der Waals surface area contributed by atoms with Crippen molar-refractivity contribution in [2.75, 3.05) is 14.1 Å². The molecule has 0 aromatic heterocycles. The van der Waals surface area contributed by atoms with Gasteiger partial charge in [-0.2, -0.15) is 0 Å². The van der Waals surface area contributed by atoms with Gasteiger partial charge >= 0.3 is 0 Å². The van der Waals surface area contributed by atoms with Crippen molar-refractivity contribution >= 4 is 5.91 Å². The van der Waals surface area contributed by atoms with Crippen molar-refractivity contribution in [3.8, 4) is 0 Å². The lowest BCUT2D eigenvalue weighted by Gasteiger charge is -2.33. The molecule has 3 heteroatoms. The lowest BCUT2D eigenvalue weighted by molar-refractivity contribution is -0.125. The van der Waals surface area contributed by atoms with E-state index in [0.717, 1.165) is 6.42 Å². The van der Waals surface area contributed by atoms with Crippen LogP contribution in [0.5, 0.6) is 0 Å². The molecule has 0 aliphatic heterocycles. The highest BCUT2D eigenvalue weighted by Crippen LogP contribution is 2.26. The molecule has 1 aromatic rings. The maximum atomic E-state index is 11.8. The van der Waals surface area contributed by atoms with Crippen LogP contribution in [0.3, 0.4) is 0 Å². The zero-order valence-corrected chi connectivity index (χ0v) is 11.1. The monoisotopic (exact) mass is 234 g/mol. The Balaban J connectivity index is 2.82. The van der Waals surface area contributed by atoms with E-state index in [1.807, 2.05) is 25.2 Å². The Hall–Kier alpha value is -1.35. The van der Waals surface area contributed by atoms with Gasteiger partial charge in [-0.3, -0.25) is 4.79 Å². The molecule has 0 bridgehead atoms. The summed E-state index contributed by atoms with van der Waals surface area (Å²) in [6.07, 6.45) is 0.868. The van der Waals surface area contributed by atoms with Crippen molar-refractivity contribution < 1.29 is 4.79 Å². The number of amides is 1. The van der Waals surface area contributed by atoms with Gasteiger partial charge in [-0.05, 0) is 24.4 Å². The highest BCUT2D eigenvalue weighted by molar-refractivity contribution is 5.82. The van der Waals surface area contributed by atoms with E-state index in [9.17, 15) is 4.79 Å². The SMILES string of the molecule is CNC(=O)[C@@H](NC)C(C)(C)Cc1ccccc1. The molecule has 1 aromatic carbocycles. The van der Waals surface area contributed by atoms with Gasteiger partial charge in [0.2, 0.25) is 5.91 Å². The van der Waals surface area contributed by atoms with Crippen molar-refractivity contribution in [1.82, 2.24) is 10.6 Å². The number of likely N-dealkylation sites (N-methyl/N-ethyl adjacent to an activating group) is 2. The minimum Gasteiger partial charge on any atom is -0.358 e. The molecule has 94 valence electrons. The Bertz CT molecular complexity index is 360. The van der Waals surface area contributed by atoms with Gasteiger partial charge in [0.05, 0.1) is 6.04 Å². The normalized spacial score (nSPS) is 13.2. The lowest BCUT2D eigenvalue weighted by Crippen LogP contribution is -2.51. The molecular formula is C14H22N2O. The van der Waals surface area contributed by atoms with Crippen molar-refractivity contribution in [2.45, 2.75) is 26.3 Å². The number of carbonyl (C=O) groups excluding carboxylic acids is 1. The number of carbonyl (C=O) groups is 1. The fraction of sp³-hybridized carbons (Fsp3) is 0.500.